The van der Waals surface area contributed by atoms with Gasteiger partial charge in [-0.1, -0.05) is 24.3 Å². The molecule has 6 rings (SSSR count). The smallest absolute Gasteiger partial charge is 0.323 e. The molecule has 17 heteroatoms. The Morgan fingerprint density at radius 3 is 1.38 bits per heavy atom. The Kier molecular flexibility index (Phi) is 9.44. The predicted octanol–water partition coefficient (Wildman–Crippen LogP) is 4.76. The van der Waals surface area contributed by atoms with Crippen molar-refractivity contribution in [3.8, 4) is 0 Å². The highest BCUT2D eigenvalue weighted by Gasteiger charge is 2.33. The topological polar surface area (TPSA) is 249 Å². The van der Waals surface area contributed by atoms with Crippen molar-refractivity contribution in [1.82, 2.24) is 0 Å². The Hall–Kier alpha value is -6.27. The first kappa shape index (κ1) is 35.6. The monoisotopic (exact) mass is 742 g/mol. The van der Waals surface area contributed by atoms with Crippen LogP contribution in [0.15, 0.2) is 153 Å². The third kappa shape index (κ3) is 7.72. The molecule has 0 radical (unpaired) electrons. The van der Waals surface area contributed by atoms with Crippen LogP contribution in [0.5, 0.6) is 0 Å². The molecule has 15 nitrogen and oxygen atoms in total. The molecular formula is C35H26N4O11S2. The van der Waals surface area contributed by atoms with Gasteiger partial charge in [-0.25, -0.2) is 14.8 Å². The van der Waals surface area contributed by atoms with E-state index in [0.29, 0.717) is 0 Å². The van der Waals surface area contributed by atoms with Crippen LogP contribution in [0.1, 0.15) is 20.7 Å². The fraction of sp³-hybridized carbons (Fsp3) is 0.0571. The third-order valence-electron chi connectivity index (χ3n) is 7.93. The van der Waals surface area contributed by atoms with Gasteiger partial charge in [0.2, 0.25) is 0 Å². The van der Waals surface area contributed by atoms with Gasteiger partial charge in [0.25, 0.3) is 32.1 Å². The lowest BCUT2D eigenvalue weighted by Crippen LogP contribution is -2.26. The zero-order valence-electron chi connectivity index (χ0n) is 26.4. The van der Waals surface area contributed by atoms with Crippen LogP contribution in [0.25, 0.3) is 0 Å². The summed E-state index contributed by atoms with van der Waals surface area (Å²) in [6.07, 6.45) is 12.6. The number of aliphatic hydroxyl groups is 2. The van der Waals surface area contributed by atoms with Gasteiger partial charge in [0.05, 0.1) is 11.4 Å². The van der Waals surface area contributed by atoms with Crippen molar-refractivity contribution in [2.45, 2.75) is 10.5 Å². The highest BCUT2D eigenvalue weighted by atomic mass is 32.2. The van der Waals surface area contributed by atoms with Gasteiger partial charge >= 0.3 is 6.03 Å². The van der Waals surface area contributed by atoms with Crippen LogP contribution >= 0.6 is 0 Å². The number of aliphatic hydroxyl groups excluding tert-OH is 2. The van der Waals surface area contributed by atoms with E-state index in [4.69, 9.17) is 0 Å². The summed E-state index contributed by atoms with van der Waals surface area (Å²) in [7, 11) is -9.14. The number of nitrogens with one attached hydrogen (secondary N) is 2. The lowest BCUT2D eigenvalue weighted by molar-refractivity contribution is 0.0995. The molecule has 0 saturated carbocycles. The summed E-state index contributed by atoms with van der Waals surface area (Å²) in [6.45, 7) is 0. The SMILES string of the molecule is O=C(Nc1cccc(C(=O)N=C2C=CC3=C(O)C=CC(S(=O)(=O)O)C3=C2)c1)Nc1cccc(C(=O)N=C2C=CC3=C(O)C=CC(S(=O)(=O)O)C3=C2)c1. The van der Waals surface area contributed by atoms with Gasteiger partial charge in [-0.2, -0.15) is 16.8 Å². The zero-order chi connectivity index (χ0) is 37.4. The summed E-state index contributed by atoms with van der Waals surface area (Å²) in [5, 5.41) is 22.5. The Balaban J connectivity index is 1.13. The second kappa shape index (κ2) is 13.8. The first-order valence-corrected chi connectivity index (χ1v) is 18.1. The predicted molar refractivity (Wildman–Crippen MR) is 192 cm³/mol. The minimum Gasteiger partial charge on any atom is -0.507 e. The molecule has 4 aliphatic carbocycles. The quantitative estimate of drug-likeness (QED) is 0.220. The number of rotatable bonds is 6. The maximum Gasteiger partial charge on any atom is 0.323 e. The highest BCUT2D eigenvalue weighted by molar-refractivity contribution is 7.87. The molecule has 2 atom stereocenters. The van der Waals surface area contributed by atoms with Crippen molar-refractivity contribution in [3.05, 3.63) is 154 Å². The zero-order valence-corrected chi connectivity index (χ0v) is 28.0. The number of amides is 4. The van der Waals surface area contributed by atoms with Crippen molar-refractivity contribution in [2.24, 2.45) is 9.98 Å². The Morgan fingerprint density at radius 1 is 0.596 bits per heavy atom. The van der Waals surface area contributed by atoms with Crippen LogP contribution < -0.4 is 10.6 Å². The summed E-state index contributed by atoms with van der Waals surface area (Å²) in [6, 6.07) is 10.9. The first-order valence-electron chi connectivity index (χ1n) is 15.1. The number of nitrogens with zero attached hydrogens (tertiary/aromatic N) is 2. The molecule has 4 aliphatic rings. The summed E-state index contributed by atoms with van der Waals surface area (Å²) in [4.78, 5) is 46.9. The molecule has 2 unspecified atom stereocenters. The molecule has 0 fully saturated rings. The number of anilines is 2. The number of fused-ring (bicyclic) bond motifs is 2. The minimum atomic E-state index is -4.57. The summed E-state index contributed by atoms with van der Waals surface area (Å²) >= 11 is 0. The van der Waals surface area contributed by atoms with Gasteiger partial charge in [-0.05, 0) is 96.2 Å². The van der Waals surface area contributed by atoms with Gasteiger partial charge in [-0.15, -0.1) is 0 Å². The number of allylic oxidation sites excluding steroid dienone is 10. The van der Waals surface area contributed by atoms with E-state index in [1.54, 1.807) is 0 Å². The number of hydrogen-bond acceptors (Lipinski definition) is 9. The number of aliphatic imine (C=N–C) groups is 2. The van der Waals surface area contributed by atoms with Gasteiger partial charge in [-0.3, -0.25) is 18.7 Å². The largest absolute Gasteiger partial charge is 0.507 e. The van der Waals surface area contributed by atoms with Gasteiger partial charge in [0, 0.05) is 33.6 Å². The number of carbonyl (C=O) groups is 3. The van der Waals surface area contributed by atoms with E-state index in [-0.39, 0.29) is 67.7 Å². The van der Waals surface area contributed by atoms with Gasteiger partial charge in [0.1, 0.15) is 22.0 Å². The molecule has 2 aromatic carbocycles. The van der Waals surface area contributed by atoms with Crippen LogP contribution in [0.4, 0.5) is 16.2 Å². The van der Waals surface area contributed by atoms with Crippen LogP contribution in [0.3, 0.4) is 0 Å². The summed E-state index contributed by atoms with van der Waals surface area (Å²) < 4.78 is 66.7. The fourth-order valence-electron chi connectivity index (χ4n) is 5.56. The molecule has 0 aliphatic heterocycles. The maximum atomic E-state index is 13.0. The fourth-order valence-corrected chi connectivity index (χ4v) is 7.14. The van der Waals surface area contributed by atoms with E-state index in [9.17, 15) is 50.5 Å². The standard InChI is InChI=1S/C35H26N4O11S2/c40-29-11-13-31(51(45,46)47)27-17-23(7-9-25(27)29)36-33(42)19-3-1-5-21(15-19)38-35(44)39-22-6-2-4-20(16-22)34(43)37-24-8-10-26-28(18-24)32(52(48,49)50)14-12-30(26)41/h1-18,31-32,40-41H,(H2,38,39,44)(H,45,46,47)(H,48,49,50). The Morgan fingerprint density at radius 2 is 1.00 bits per heavy atom. The maximum absolute atomic E-state index is 13.0. The van der Waals surface area contributed by atoms with Gasteiger partial charge < -0.3 is 20.8 Å². The molecule has 0 spiro atoms. The average molecular weight is 743 g/mol. The molecular weight excluding hydrogens is 717 g/mol. The van der Waals surface area contributed by atoms with E-state index < -0.39 is 48.6 Å². The second-order valence-corrected chi connectivity index (χ2v) is 14.6. The summed E-state index contributed by atoms with van der Waals surface area (Å²) in [5.41, 5.74) is 1.04. The molecule has 0 saturated heterocycles. The molecule has 0 heterocycles. The van der Waals surface area contributed by atoms with E-state index >= 15 is 0 Å². The molecule has 2 aromatic rings. The molecule has 0 aromatic heterocycles. The molecule has 4 amide bonds. The summed E-state index contributed by atoms with van der Waals surface area (Å²) in [5.74, 6) is -1.91. The Labute approximate surface area is 296 Å². The first-order chi connectivity index (χ1) is 24.6. The van der Waals surface area contributed by atoms with E-state index in [1.807, 2.05) is 0 Å². The normalized spacial score (nSPS) is 21.0. The number of hydrogen-bond donors (Lipinski definition) is 6. The van der Waals surface area contributed by atoms with Crippen molar-refractivity contribution in [1.29, 1.82) is 0 Å². The number of urea groups is 1. The van der Waals surface area contributed by atoms with Crippen molar-refractivity contribution in [2.75, 3.05) is 10.6 Å². The Bertz CT molecular complexity index is 2330. The average Bonchev–Trinajstić information content (AvgIpc) is 3.07. The van der Waals surface area contributed by atoms with Crippen LogP contribution in [0.2, 0.25) is 0 Å². The molecule has 6 N–H and O–H groups in total. The van der Waals surface area contributed by atoms with Gasteiger partial charge in [0.15, 0.2) is 0 Å². The molecule has 264 valence electrons. The van der Waals surface area contributed by atoms with Crippen molar-refractivity contribution >= 4 is 60.9 Å². The molecule has 0 bridgehead atoms. The minimum absolute atomic E-state index is 0.0353. The second-order valence-electron chi connectivity index (χ2n) is 11.5. The van der Waals surface area contributed by atoms with Crippen LogP contribution in [-0.2, 0) is 20.2 Å². The van der Waals surface area contributed by atoms with Crippen LogP contribution in [-0.4, -0.2) is 75.9 Å². The van der Waals surface area contributed by atoms with Crippen molar-refractivity contribution < 1.29 is 50.5 Å². The number of benzene rings is 2. The van der Waals surface area contributed by atoms with E-state index in [0.717, 1.165) is 24.3 Å². The van der Waals surface area contributed by atoms with E-state index in [1.165, 1.54) is 85.0 Å². The lowest BCUT2D eigenvalue weighted by atomic mass is 9.91. The molecule has 52 heavy (non-hydrogen) atoms. The van der Waals surface area contributed by atoms with Crippen LogP contribution in [0, 0.1) is 0 Å². The lowest BCUT2D eigenvalue weighted by Gasteiger charge is -2.22. The number of carbonyl (C=O) groups excluding carboxylic acids is 3. The van der Waals surface area contributed by atoms with Crippen molar-refractivity contribution in [3.63, 3.8) is 0 Å². The van der Waals surface area contributed by atoms with E-state index in [2.05, 4.69) is 20.6 Å². The third-order valence-corrected chi connectivity index (χ3v) is 10.0. The highest BCUT2D eigenvalue weighted by Crippen LogP contribution is 2.33.